The standard InChI is InChI=1S/C68H40N2/c1-5-21-41(22-6-1)67(42-23-7-2-8-24-42)55-33-17-13-29-45(55)51-37-53-49-39-60-50(40-59(49)69-57-35-19-15-31-47(57)61(63(51)67)65(53)69)54-38-52-46-30-14-18-34-56(46)68(43-25-9-3-10-26-43,44-27-11-4-12-28-44)64(52)62-48-32-16-20-36-58(48)70(60)66(54)62/h1-40H. The number of nitrogens with zero attached hydrogens (tertiary/aromatic N) is 2. The van der Waals surface area contributed by atoms with Crippen LogP contribution in [0.3, 0.4) is 0 Å². The van der Waals surface area contributed by atoms with Gasteiger partial charge in [-0.05, 0) is 103 Å². The van der Waals surface area contributed by atoms with Crippen LogP contribution in [-0.4, -0.2) is 8.80 Å². The first-order valence-corrected chi connectivity index (χ1v) is 24.6. The zero-order valence-electron chi connectivity index (χ0n) is 38.0. The van der Waals surface area contributed by atoms with Gasteiger partial charge in [-0.1, -0.05) is 206 Å². The van der Waals surface area contributed by atoms with Crippen molar-refractivity contribution < 1.29 is 0 Å². The molecule has 322 valence electrons. The Labute approximate surface area is 403 Å². The normalized spacial score (nSPS) is 14.5. The van der Waals surface area contributed by atoms with Crippen molar-refractivity contribution >= 4 is 76.2 Å². The molecule has 0 atom stereocenters. The first-order chi connectivity index (χ1) is 34.8. The molecule has 2 nitrogen and oxygen atoms in total. The molecule has 2 heteroatoms. The lowest BCUT2D eigenvalue weighted by Crippen LogP contribution is -2.28. The molecule has 4 heterocycles. The molecule has 0 saturated carbocycles. The highest BCUT2D eigenvalue weighted by Crippen LogP contribution is 2.63. The van der Waals surface area contributed by atoms with Crippen LogP contribution in [-0.2, 0) is 10.8 Å². The molecule has 0 unspecified atom stereocenters. The SMILES string of the molecule is c1ccc(C2(c3ccccc3)c3ccccc3-c3cc4c5cc6c(cc5n5c7ccccc7c(c32)c45)c2cc3c(c4c5ccccc5n6c24)C(c2ccccc2)(c2ccccc2)c2ccccc2-3)cc1. The van der Waals surface area contributed by atoms with E-state index in [2.05, 4.69) is 251 Å². The van der Waals surface area contributed by atoms with Crippen molar-refractivity contribution in [2.45, 2.75) is 10.8 Å². The van der Waals surface area contributed by atoms with Crippen molar-refractivity contribution in [3.8, 4) is 22.3 Å². The lowest BCUT2D eigenvalue weighted by atomic mass is 9.66. The number of para-hydroxylation sites is 2. The third-order valence-electron chi connectivity index (χ3n) is 16.9. The van der Waals surface area contributed by atoms with Crippen LogP contribution in [0.15, 0.2) is 243 Å². The summed E-state index contributed by atoms with van der Waals surface area (Å²) in [5, 5.41) is 10.4. The molecular formula is C68H40N2. The molecule has 2 aliphatic carbocycles. The zero-order chi connectivity index (χ0) is 45.5. The highest BCUT2D eigenvalue weighted by molar-refractivity contribution is 6.32. The van der Waals surface area contributed by atoms with Crippen molar-refractivity contribution in [3.63, 3.8) is 0 Å². The summed E-state index contributed by atoms with van der Waals surface area (Å²) in [6, 6.07) is 91.9. The fraction of sp³-hybridized carbons (Fsp3) is 0.0294. The molecule has 0 fully saturated rings. The van der Waals surface area contributed by atoms with E-state index in [0.29, 0.717) is 0 Å². The molecule has 0 radical (unpaired) electrons. The van der Waals surface area contributed by atoms with Gasteiger partial charge in [0.2, 0.25) is 0 Å². The molecule has 4 aromatic heterocycles. The van der Waals surface area contributed by atoms with Gasteiger partial charge in [-0.15, -0.1) is 0 Å². The molecule has 0 saturated heterocycles. The minimum atomic E-state index is -0.529. The lowest BCUT2D eigenvalue weighted by molar-refractivity contribution is 0.776. The van der Waals surface area contributed by atoms with Crippen LogP contribution in [0.4, 0.5) is 0 Å². The van der Waals surface area contributed by atoms with E-state index < -0.39 is 10.8 Å². The quantitative estimate of drug-likeness (QED) is 0.167. The molecule has 17 rings (SSSR count). The van der Waals surface area contributed by atoms with E-state index in [1.807, 2.05) is 0 Å². The Kier molecular flexibility index (Phi) is 6.86. The second kappa shape index (κ2) is 13.0. The van der Waals surface area contributed by atoms with Gasteiger partial charge >= 0.3 is 0 Å². The van der Waals surface area contributed by atoms with Gasteiger partial charge in [-0.3, -0.25) is 0 Å². The molecule has 70 heavy (non-hydrogen) atoms. The van der Waals surface area contributed by atoms with Gasteiger partial charge in [0.1, 0.15) is 0 Å². The molecule has 11 aromatic carbocycles. The predicted octanol–water partition coefficient (Wildman–Crippen LogP) is 16.7. The monoisotopic (exact) mass is 884 g/mol. The van der Waals surface area contributed by atoms with E-state index in [1.54, 1.807) is 0 Å². The van der Waals surface area contributed by atoms with Gasteiger partial charge in [0.15, 0.2) is 0 Å². The highest BCUT2D eigenvalue weighted by Gasteiger charge is 2.50. The van der Waals surface area contributed by atoms with Crippen LogP contribution in [0.1, 0.15) is 44.5 Å². The van der Waals surface area contributed by atoms with E-state index in [1.165, 1.54) is 143 Å². The van der Waals surface area contributed by atoms with Gasteiger partial charge in [0.05, 0.1) is 43.9 Å². The Morgan fingerprint density at radius 3 is 0.957 bits per heavy atom. The summed E-state index contributed by atoms with van der Waals surface area (Å²) in [6.07, 6.45) is 0. The third-order valence-corrected chi connectivity index (χ3v) is 16.9. The average Bonchev–Trinajstić information content (AvgIpc) is 4.26. The van der Waals surface area contributed by atoms with Crippen molar-refractivity contribution in [2.24, 2.45) is 0 Å². The molecule has 0 aliphatic heterocycles. The molecule has 0 amide bonds. The summed E-state index contributed by atoms with van der Waals surface area (Å²) in [4.78, 5) is 0. The number of aromatic nitrogens is 2. The van der Waals surface area contributed by atoms with Gasteiger partial charge in [0.25, 0.3) is 0 Å². The number of benzene rings is 11. The predicted molar refractivity (Wildman–Crippen MR) is 290 cm³/mol. The van der Waals surface area contributed by atoms with Gasteiger partial charge in [-0.25, -0.2) is 0 Å². The van der Waals surface area contributed by atoms with E-state index in [9.17, 15) is 0 Å². The summed E-state index contributed by atoms with van der Waals surface area (Å²) in [7, 11) is 0. The smallest absolute Gasteiger partial charge is 0.0720 e. The largest absolute Gasteiger partial charge is 0.308 e. The molecule has 0 bridgehead atoms. The Morgan fingerprint density at radius 2 is 0.571 bits per heavy atom. The number of fused-ring (bicyclic) bond motifs is 20. The van der Waals surface area contributed by atoms with Crippen LogP contribution >= 0.6 is 0 Å². The van der Waals surface area contributed by atoms with Crippen LogP contribution in [0.2, 0.25) is 0 Å². The topological polar surface area (TPSA) is 8.82 Å². The molecule has 15 aromatic rings. The third kappa shape index (κ3) is 4.14. The maximum atomic E-state index is 2.61. The van der Waals surface area contributed by atoms with Crippen molar-refractivity contribution in [1.82, 2.24) is 8.80 Å². The maximum absolute atomic E-state index is 2.61. The second-order valence-electron chi connectivity index (χ2n) is 19.8. The van der Waals surface area contributed by atoms with E-state index in [-0.39, 0.29) is 0 Å². The van der Waals surface area contributed by atoms with Crippen LogP contribution in [0.25, 0.3) is 98.4 Å². The van der Waals surface area contributed by atoms with Crippen molar-refractivity contribution in [3.05, 3.63) is 287 Å². The Bertz CT molecular complexity index is 4290. The molecule has 2 aliphatic rings. The summed E-state index contributed by atoms with van der Waals surface area (Å²) >= 11 is 0. The minimum Gasteiger partial charge on any atom is -0.308 e. The number of hydrogen-bond acceptors (Lipinski definition) is 0. The molecule has 0 spiro atoms. The Hall–Kier alpha value is -8.98. The lowest BCUT2D eigenvalue weighted by Gasteiger charge is -2.34. The molecular weight excluding hydrogens is 845 g/mol. The van der Waals surface area contributed by atoms with Gasteiger partial charge in [-0.2, -0.15) is 0 Å². The van der Waals surface area contributed by atoms with E-state index in [0.717, 1.165) is 0 Å². The van der Waals surface area contributed by atoms with Crippen molar-refractivity contribution in [2.75, 3.05) is 0 Å². The second-order valence-corrected chi connectivity index (χ2v) is 19.8. The summed E-state index contributed by atoms with van der Waals surface area (Å²) in [5.74, 6) is 0. The van der Waals surface area contributed by atoms with Crippen LogP contribution in [0, 0.1) is 0 Å². The zero-order valence-corrected chi connectivity index (χ0v) is 38.0. The van der Waals surface area contributed by atoms with Crippen LogP contribution in [0.5, 0.6) is 0 Å². The summed E-state index contributed by atoms with van der Waals surface area (Å²) in [5.41, 5.74) is 22.3. The fourth-order valence-electron chi connectivity index (χ4n) is 14.5. The first-order valence-electron chi connectivity index (χ1n) is 24.6. The minimum absolute atomic E-state index is 0.529. The Morgan fingerprint density at radius 1 is 0.243 bits per heavy atom. The molecule has 0 N–H and O–H groups in total. The van der Waals surface area contributed by atoms with E-state index in [4.69, 9.17) is 0 Å². The van der Waals surface area contributed by atoms with Crippen LogP contribution < -0.4 is 0 Å². The first kappa shape index (κ1) is 37.1. The van der Waals surface area contributed by atoms with Gasteiger partial charge in [0, 0.05) is 43.1 Å². The number of rotatable bonds is 4. The van der Waals surface area contributed by atoms with Crippen molar-refractivity contribution in [1.29, 1.82) is 0 Å². The fourth-order valence-corrected chi connectivity index (χ4v) is 14.5. The summed E-state index contributed by atoms with van der Waals surface area (Å²) in [6.45, 7) is 0. The Balaban J connectivity index is 1.06. The number of hydrogen-bond donors (Lipinski definition) is 0. The summed E-state index contributed by atoms with van der Waals surface area (Å²) < 4.78 is 5.22. The van der Waals surface area contributed by atoms with E-state index >= 15 is 0 Å². The average molecular weight is 885 g/mol. The maximum Gasteiger partial charge on any atom is 0.0720 e. The highest BCUT2D eigenvalue weighted by atomic mass is 14.9. The van der Waals surface area contributed by atoms with Gasteiger partial charge < -0.3 is 8.80 Å².